The third-order valence-corrected chi connectivity index (χ3v) is 2.58. The fraction of sp³-hybridized carbons (Fsp3) is 0.875. The van der Waals surface area contributed by atoms with Crippen LogP contribution in [0.2, 0.25) is 0 Å². The first-order valence-corrected chi connectivity index (χ1v) is 4.11. The zero-order chi connectivity index (χ0) is 10.1. The molecule has 1 fully saturated rings. The minimum Gasteiger partial charge on any atom is -0.480 e. The average molecular weight is 189 g/mol. The number of hydrogen-bond acceptors (Lipinski definition) is 4. The van der Waals surface area contributed by atoms with Crippen LogP contribution < -0.4 is 5.73 Å². The van der Waals surface area contributed by atoms with Gasteiger partial charge >= 0.3 is 5.97 Å². The van der Waals surface area contributed by atoms with Gasteiger partial charge in [0, 0.05) is 27.1 Å². The fourth-order valence-corrected chi connectivity index (χ4v) is 1.71. The van der Waals surface area contributed by atoms with Crippen molar-refractivity contribution < 1.29 is 19.4 Å². The molecule has 0 bridgehead atoms. The van der Waals surface area contributed by atoms with Gasteiger partial charge in [0.25, 0.3) is 0 Å². The molecule has 3 N–H and O–H groups in total. The van der Waals surface area contributed by atoms with E-state index in [0.717, 1.165) is 0 Å². The molecule has 0 amide bonds. The lowest BCUT2D eigenvalue weighted by atomic mass is 10.00. The van der Waals surface area contributed by atoms with Gasteiger partial charge in [-0.3, -0.25) is 4.79 Å². The summed E-state index contributed by atoms with van der Waals surface area (Å²) in [6.07, 6.45) is 0.173. The van der Waals surface area contributed by atoms with Crippen LogP contribution >= 0.6 is 0 Å². The van der Waals surface area contributed by atoms with Crippen molar-refractivity contribution in [3.63, 3.8) is 0 Å². The van der Waals surface area contributed by atoms with Gasteiger partial charge in [-0.25, -0.2) is 0 Å². The summed E-state index contributed by atoms with van der Waals surface area (Å²) in [6, 6.07) is 0. The zero-order valence-corrected chi connectivity index (χ0v) is 7.82. The van der Waals surface area contributed by atoms with Crippen LogP contribution in [-0.2, 0) is 14.3 Å². The lowest BCUT2D eigenvalue weighted by molar-refractivity contribution is -0.143. The van der Waals surface area contributed by atoms with Gasteiger partial charge in [0.2, 0.25) is 0 Å². The molecule has 0 aliphatic heterocycles. The molecule has 0 radical (unpaired) electrons. The van der Waals surface area contributed by atoms with Crippen molar-refractivity contribution in [1.29, 1.82) is 0 Å². The number of carboxylic acid groups (broad SMARTS) is 1. The molecule has 76 valence electrons. The lowest BCUT2D eigenvalue weighted by Gasteiger charge is -2.16. The van der Waals surface area contributed by atoms with Gasteiger partial charge < -0.3 is 20.3 Å². The van der Waals surface area contributed by atoms with E-state index in [-0.39, 0.29) is 12.2 Å². The summed E-state index contributed by atoms with van der Waals surface area (Å²) in [6.45, 7) is 0. The normalized spacial score (nSPS) is 31.9. The van der Waals surface area contributed by atoms with Gasteiger partial charge in [0.1, 0.15) is 5.54 Å². The standard InChI is InChI=1S/C8H15NO4/c1-12-5-3-8(9,7(10)11)4-6(5)13-2/h5-6H,3-4,9H2,1-2H3,(H,10,11)/t5-,6-/m1/s1. The smallest absolute Gasteiger partial charge is 0.323 e. The molecule has 0 unspecified atom stereocenters. The second kappa shape index (κ2) is 3.61. The van der Waals surface area contributed by atoms with Gasteiger partial charge in [0.05, 0.1) is 12.2 Å². The second-order valence-corrected chi connectivity index (χ2v) is 3.42. The molecule has 0 saturated heterocycles. The van der Waals surface area contributed by atoms with Crippen LogP contribution in [0.1, 0.15) is 12.8 Å². The van der Waals surface area contributed by atoms with E-state index < -0.39 is 11.5 Å². The average Bonchev–Trinajstić information content (AvgIpc) is 2.43. The Morgan fingerprint density at radius 1 is 1.38 bits per heavy atom. The van der Waals surface area contributed by atoms with Gasteiger partial charge in [-0.1, -0.05) is 0 Å². The summed E-state index contributed by atoms with van der Waals surface area (Å²) >= 11 is 0. The number of methoxy groups -OCH3 is 2. The van der Waals surface area contributed by atoms with Crippen LogP contribution in [0.15, 0.2) is 0 Å². The Balaban J connectivity index is 2.72. The predicted molar refractivity (Wildman–Crippen MR) is 45.4 cm³/mol. The van der Waals surface area contributed by atoms with E-state index >= 15 is 0 Å². The topological polar surface area (TPSA) is 81.8 Å². The largest absolute Gasteiger partial charge is 0.480 e. The molecular formula is C8H15NO4. The monoisotopic (exact) mass is 189 g/mol. The van der Waals surface area contributed by atoms with Crippen LogP contribution in [0.4, 0.5) is 0 Å². The number of carbonyl (C=O) groups is 1. The predicted octanol–water partition coefficient (Wildman–Crippen LogP) is -0.408. The third kappa shape index (κ3) is 1.82. The van der Waals surface area contributed by atoms with E-state index in [4.69, 9.17) is 20.3 Å². The van der Waals surface area contributed by atoms with E-state index in [1.165, 1.54) is 14.2 Å². The highest BCUT2D eigenvalue weighted by Gasteiger charge is 2.48. The van der Waals surface area contributed by atoms with Crippen molar-refractivity contribution in [2.75, 3.05) is 14.2 Å². The molecule has 5 nitrogen and oxygen atoms in total. The Bertz CT molecular complexity index is 194. The van der Waals surface area contributed by atoms with Crippen LogP contribution in [0.3, 0.4) is 0 Å². The zero-order valence-electron chi connectivity index (χ0n) is 7.82. The van der Waals surface area contributed by atoms with Gasteiger partial charge in [0.15, 0.2) is 0 Å². The van der Waals surface area contributed by atoms with E-state index in [1.807, 2.05) is 0 Å². The van der Waals surface area contributed by atoms with Crippen LogP contribution in [0, 0.1) is 0 Å². The van der Waals surface area contributed by atoms with Crippen molar-refractivity contribution in [2.45, 2.75) is 30.6 Å². The highest BCUT2D eigenvalue weighted by atomic mass is 16.5. The summed E-state index contributed by atoms with van der Waals surface area (Å²) in [7, 11) is 3.06. The summed E-state index contributed by atoms with van der Waals surface area (Å²) in [5.74, 6) is -0.992. The summed E-state index contributed by atoms with van der Waals surface area (Å²) in [4.78, 5) is 10.8. The summed E-state index contributed by atoms with van der Waals surface area (Å²) in [5, 5.41) is 8.86. The molecule has 0 heterocycles. The number of nitrogens with two attached hydrogens (primary N) is 1. The molecule has 1 saturated carbocycles. The molecule has 13 heavy (non-hydrogen) atoms. The minimum absolute atomic E-state index is 0.217. The molecule has 0 spiro atoms. The molecule has 2 atom stereocenters. The molecule has 5 heteroatoms. The van der Waals surface area contributed by atoms with Crippen LogP contribution in [0.5, 0.6) is 0 Å². The molecule has 0 aromatic heterocycles. The highest BCUT2D eigenvalue weighted by Crippen LogP contribution is 2.31. The lowest BCUT2D eigenvalue weighted by Crippen LogP contribution is -2.46. The quantitative estimate of drug-likeness (QED) is 0.630. The molecule has 1 aliphatic carbocycles. The first kappa shape index (κ1) is 10.4. The summed E-state index contributed by atoms with van der Waals surface area (Å²) < 4.78 is 10.2. The number of rotatable bonds is 3. The maximum atomic E-state index is 10.8. The maximum Gasteiger partial charge on any atom is 0.323 e. The Morgan fingerprint density at radius 3 is 2.00 bits per heavy atom. The van der Waals surface area contributed by atoms with E-state index in [0.29, 0.717) is 12.8 Å². The third-order valence-electron chi connectivity index (χ3n) is 2.58. The minimum atomic E-state index is -1.19. The number of aliphatic carboxylic acids is 1. The first-order valence-electron chi connectivity index (χ1n) is 4.11. The second-order valence-electron chi connectivity index (χ2n) is 3.42. The number of carboxylic acids is 1. The highest BCUT2D eigenvalue weighted by molar-refractivity contribution is 5.79. The molecular weight excluding hydrogens is 174 g/mol. The Hall–Kier alpha value is -0.650. The van der Waals surface area contributed by atoms with Crippen molar-refractivity contribution in [2.24, 2.45) is 5.73 Å². The van der Waals surface area contributed by atoms with E-state index in [1.54, 1.807) is 0 Å². The van der Waals surface area contributed by atoms with E-state index in [9.17, 15) is 4.79 Å². The first-order chi connectivity index (χ1) is 6.03. The van der Waals surface area contributed by atoms with Crippen LogP contribution in [-0.4, -0.2) is 43.0 Å². The number of ether oxygens (including phenoxy) is 2. The van der Waals surface area contributed by atoms with Gasteiger partial charge in [-0.15, -0.1) is 0 Å². The Kier molecular flexibility index (Phi) is 2.90. The molecule has 0 aromatic carbocycles. The fourth-order valence-electron chi connectivity index (χ4n) is 1.71. The maximum absolute atomic E-state index is 10.8. The SMILES string of the molecule is CO[C@@H]1CC(N)(C(=O)O)C[C@H]1OC. The van der Waals surface area contributed by atoms with Crippen LogP contribution in [0.25, 0.3) is 0 Å². The van der Waals surface area contributed by atoms with Crippen molar-refractivity contribution in [1.82, 2.24) is 0 Å². The summed E-state index contributed by atoms with van der Waals surface area (Å²) in [5.41, 5.74) is 4.48. The van der Waals surface area contributed by atoms with Gasteiger partial charge in [-0.05, 0) is 0 Å². The number of hydrogen-bond donors (Lipinski definition) is 2. The van der Waals surface area contributed by atoms with Crippen molar-refractivity contribution >= 4 is 5.97 Å². The van der Waals surface area contributed by atoms with Crippen molar-refractivity contribution in [3.05, 3.63) is 0 Å². The Morgan fingerprint density at radius 2 is 1.77 bits per heavy atom. The molecule has 1 aliphatic rings. The van der Waals surface area contributed by atoms with Crippen molar-refractivity contribution in [3.8, 4) is 0 Å². The van der Waals surface area contributed by atoms with E-state index in [2.05, 4.69) is 0 Å². The molecule has 0 aromatic rings. The molecule has 1 rings (SSSR count). The Labute approximate surface area is 76.8 Å². The van der Waals surface area contributed by atoms with Gasteiger partial charge in [-0.2, -0.15) is 0 Å².